The minimum atomic E-state index is -3.40. The number of hydrogen-bond acceptors (Lipinski definition) is 8. The van der Waals surface area contributed by atoms with Crippen LogP contribution < -0.4 is 21.3 Å². The Morgan fingerprint density at radius 2 is 1.66 bits per heavy atom. The van der Waals surface area contributed by atoms with Crippen LogP contribution in [0.1, 0.15) is 93.4 Å². The highest BCUT2D eigenvalue weighted by molar-refractivity contribution is 7.92. The van der Waals surface area contributed by atoms with E-state index in [2.05, 4.69) is 35.1 Å². The number of fused-ring (bicyclic) bond motifs is 1. The molecule has 4 aliphatic rings. The smallest absolute Gasteiger partial charge is 0.315 e. The summed E-state index contributed by atoms with van der Waals surface area (Å²) in [5.41, 5.74) is -1.97. The number of likely N-dealkylation sites (tertiary alicyclic amines) is 1. The molecule has 3 heterocycles. The topological polar surface area (TPSA) is 180 Å². The Morgan fingerprint density at radius 1 is 1.00 bits per heavy atom. The number of amides is 5. The van der Waals surface area contributed by atoms with Gasteiger partial charge in [0, 0.05) is 26.3 Å². The second kappa shape index (κ2) is 14.0. The lowest BCUT2D eigenvalue weighted by Gasteiger charge is -2.43. The minimum Gasteiger partial charge on any atom is -0.381 e. The number of piperidine rings is 1. The molecular formula is C33H55N5O8S. The van der Waals surface area contributed by atoms with Gasteiger partial charge in [-0.05, 0) is 61.2 Å². The second-order valence-corrected chi connectivity index (χ2v) is 17.8. The normalized spacial score (nSPS) is 28.4. The first-order chi connectivity index (χ1) is 21.9. The van der Waals surface area contributed by atoms with Gasteiger partial charge < -0.3 is 30.9 Å². The maximum absolute atomic E-state index is 14.4. The van der Waals surface area contributed by atoms with Crippen molar-refractivity contribution in [3.8, 4) is 0 Å². The maximum Gasteiger partial charge on any atom is 0.315 e. The SMILES string of the molecule is CCCNC(=O)C(=O)[C@H](CCC)NC(=O)[C@@H]1[C@@H]2[C@H](CN1C(=O)[C@@H](NC(=O)NC1(C3CCCS3(=O)=O)CCOCC1)C(C)(C)C)C2(C)C. The van der Waals surface area contributed by atoms with Gasteiger partial charge in [0.05, 0.1) is 22.6 Å². The van der Waals surface area contributed by atoms with Gasteiger partial charge in [0.2, 0.25) is 17.6 Å². The molecule has 0 spiro atoms. The van der Waals surface area contributed by atoms with Crippen LogP contribution in [0.25, 0.3) is 0 Å². The van der Waals surface area contributed by atoms with Gasteiger partial charge in [0.15, 0.2) is 9.84 Å². The number of ketones is 1. The molecule has 1 unspecified atom stereocenters. The highest BCUT2D eigenvalue weighted by Crippen LogP contribution is 2.65. The summed E-state index contributed by atoms with van der Waals surface area (Å²) in [4.78, 5) is 69.1. The van der Waals surface area contributed by atoms with E-state index in [-0.39, 0.29) is 29.4 Å². The number of nitrogens with zero attached hydrogens (tertiary/aromatic N) is 1. The number of carbonyl (C=O) groups is 5. The lowest BCUT2D eigenvalue weighted by atomic mass is 9.84. The lowest BCUT2D eigenvalue weighted by Crippen LogP contribution is -2.66. The summed E-state index contributed by atoms with van der Waals surface area (Å²) in [5, 5.41) is 10.5. The molecule has 0 aromatic rings. The molecule has 0 bridgehead atoms. The largest absolute Gasteiger partial charge is 0.381 e. The third-order valence-electron chi connectivity index (χ3n) is 10.8. The van der Waals surface area contributed by atoms with Crippen LogP contribution in [0.5, 0.6) is 0 Å². The van der Waals surface area contributed by atoms with Gasteiger partial charge in [-0.25, -0.2) is 13.2 Å². The number of urea groups is 1. The van der Waals surface area contributed by atoms with Crippen LogP contribution in [0.3, 0.4) is 0 Å². The van der Waals surface area contributed by atoms with Gasteiger partial charge in [-0.2, -0.15) is 0 Å². The predicted octanol–water partition coefficient (Wildman–Crippen LogP) is 1.69. The molecule has 1 saturated carbocycles. The first-order valence-electron chi connectivity index (χ1n) is 17.2. The van der Waals surface area contributed by atoms with Gasteiger partial charge in [-0.3, -0.25) is 19.2 Å². The Morgan fingerprint density at radius 3 is 2.21 bits per heavy atom. The van der Waals surface area contributed by atoms with Gasteiger partial charge >= 0.3 is 6.03 Å². The third kappa shape index (κ3) is 7.63. The van der Waals surface area contributed by atoms with Crippen molar-refractivity contribution in [2.75, 3.05) is 32.1 Å². The van der Waals surface area contributed by atoms with Crippen molar-refractivity contribution in [3.63, 3.8) is 0 Å². The Kier molecular flexibility index (Phi) is 11.1. The van der Waals surface area contributed by atoms with Gasteiger partial charge in [-0.15, -0.1) is 0 Å². The van der Waals surface area contributed by atoms with Crippen LogP contribution in [0.2, 0.25) is 0 Å². The highest BCUT2D eigenvalue weighted by Gasteiger charge is 2.70. The van der Waals surface area contributed by atoms with E-state index in [9.17, 15) is 32.4 Å². The monoisotopic (exact) mass is 681 g/mol. The van der Waals surface area contributed by atoms with E-state index in [0.29, 0.717) is 64.8 Å². The van der Waals surface area contributed by atoms with E-state index in [1.807, 2.05) is 34.6 Å². The molecule has 14 heteroatoms. The van der Waals surface area contributed by atoms with E-state index >= 15 is 0 Å². The van der Waals surface area contributed by atoms with Crippen molar-refractivity contribution in [2.45, 2.75) is 122 Å². The first-order valence-corrected chi connectivity index (χ1v) is 18.9. The number of rotatable bonds is 12. The van der Waals surface area contributed by atoms with Crippen LogP contribution in [0, 0.1) is 22.7 Å². The fraction of sp³-hybridized carbons (Fsp3) is 0.848. The van der Waals surface area contributed by atoms with Crippen molar-refractivity contribution < 1.29 is 37.1 Å². The average molecular weight is 682 g/mol. The zero-order valence-corrected chi connectivity index (χ0v) is 29.9. The summed E-state index contributed by atoms with van der Waals surface area (Å²) in [5.74, 6) is -2.38. The average Bonchev–Trinajstić information content (AvgIpc) is 3.30. The molecule has 0 aromatic heterocycles. The van der Waals surface area contributed by atoms with Crippen molar-refractivity contribution in [2.24, 2.45) is 22.7 Å². The molecule has 4 rings (SSSR count). The molecule has 4 fully saturated rings. The molecule has 4 N–H and O–H groups in total. The van der Waals surface area contributed by atoms with Crippen molar-refractivity contribution in [3.05, 3.63) is 0 Å². The molecule has 3 saturated heterocycles. The number of Topliss-reactive ketones (excluding diaryl/α,β-unsaturated/α-hetero) is 1. The maximum atomic E-state index is 14.4. The number of ether oxygens (including phenoxy) is 1. The molecular weight excluding hydrogens is 626 g/mol. The lowest BCUT2D eigenvalue weighted by molar-refractivity contribution is -0.145. The van der Waals surface area contributed by atoms with E-state index in [4.69, 9.17) is 4.74 Å². The first kappa shape index (κ1) is 37.1. The standard InChI is InChI=1S/C33H55N5O8S/c1-8-11-21(25(39)28(41)34-15-9-2)35-27(40)24-23-20(32(23,6)7)19-38(24)29(42)26(31(3,4)5)36-30(43)37-33(13-16-46-17-14-33)22-12-10-18-47(22,44)45/h20-24,26H,8-19H2,1-7H3,(H,34,41)(H,35,40)(H2,36,37,43)/t20-,21-,22?,23-,24-,26+/m0/s1. The van der Waals surface area contributed by atoms with E-state index in [1.165, 1.54) is 4.90 Å². The molecule has 1 aliphatic carbocycles. The number of sulfone groups is 1. The number of carbonyl (C=O) groups excluding carboxylic acids is 5. The van der Waals surface area contributed by atoms with Crippen LogP contribution in [-0.4, -0.2) is 104 Å². The molecule has 266 valence electrons. The Balaban J connectivity index is 1.55. The van der Waals surface area contributed by atoms with Crippen LogP contribution in [0.4, 0.5) is 4.79 Å². The van der Waals surface area contributed by atoms with E-state index in [1.54, 1.807) is 0 Å². The highest BCUT2D eigenvalue weighted by atomic mass is 32.2. The molecule has 47 heavy (non-hydrogen) atoms. The molecule has 0 radical (unpaired) electrons. The summed E-state index contributed by atoms with van der Waals surface area (Å²) in [6.45, 7) is 14.6. The zero-order valence-electron chi connectivity index (χ0n) is 29.1. The Hall–Kier alpha value is -2.74. The summed E-state index contributed by atoms with van der Waals surface area (Å²) in [6, 6.07) is -3.58. The molecule has 0 aromatic carbocycles. The van der Waals surface area contributed by atoms with E-state index in [0.717, 1.165) is 0 Å². The fourth-order valence-corrected chi connectivity index (χ4v) is 10.4. The predicted molar refractivity (Wildman–Crippen MR) is 176 cm³/mol. The van der Waals surface area contributed by atoms with Crippen molar-refractivity contribution in [1.29, 1.82) is 0 Å². The summed E-state index contributed by atoms with van der Waals surface area (Å²) in [7, 11) is -3.40. The second-order valence-electron chi connectivity index (χ2n) is 15.5. The van der Waals surface area contributed by atoms with Crippen LogP contribution in [-0.2, 0) is 33.8 Å². The minimum absolute atomic E-state index is 0.0582. The number of nitrogens with one attached hydrogen (secondary N) is 4. The summed E-state index contributed by atoms with van der Waals surface area (Å²) in [6.07, 6.45) is 3.18. The third-order valence-corrected chi connectivity index (χ3v) is 13.2. The Labute approximate surface area is 279 Å². The van der Waals surface area contributed by atoms with Crippen molar-refractivity contribution >= 4 is 39.4 Å². The molecule has 3 aliphatic heterocycles. The number of hydrogen-bond donors (Lipinski definition) is 4. The van der Waals surface area contributed by atoms with Gasteiger partial charge in [-0.1, -0.05) is 54.9 Å². The molecule has 5 amide bonds. The Bertz CT molecular complexity index is 1340. The zero-order chi connectivity index (χ0) is 34.9. The molecule has 6 atom stereocenters. The van der Waals surface area contributed by atoms with E-state index < -0.39 is 73.7 Å². The summed E-state index contributed by atoms with van der Waals surface area (Å²) < 4.78 is 31.5. The van der Waals surface area contributed by atoms with Crippen molar-refractivity contribution in [1.82, 2.24) is 26.2 Å². The quantitative estimate of drug-likeness (QED) is 0.225. The van der Waals surface area contributed by atoms with Crippen LogP contribution in [0.15, 0.2) is 0 Å². The molecule has 13 nitrogen and oxygen atoms in total. The summed E-state index contributed by atoms with van der Waals surface area (Å²) >= 11 is 0. The van der Waals surface area contributed by atoms with Gasteiger partial charge in [0.25, 0.3) is 5.91 Å². The fourth-order valence-electron chi connectivity index (χ4n) is 7.99. The van der Waals surface area contributed by atoms with Gasteiger partial charge in [0.1, 0.15) is 12.1 Å². The van der Waals surface area contributed by atoms with Crippen LogP contribution >= 0.6 is 0 Å².